The van der Waals surface area contributed by atoms with Crippen molar-refractivity contribution < 1.29 is 0 Å². The zero-order valence-electron chi connectivity index (χ0n) is 10.7. The van der Waals surface area contributed by atoms with E-state index in [1.807, 2.05) is 0 Å². The van der Waals surface area contributed by atoms with Crippen molar-refractivity contribution in [2.24, 2.45) is 0 Å². The van der Waals surface area contributed by atoms with Gasteiger partial charge in [-0.25, -0.2) is 4.98 Å². The third-order valence-electron chi connectivity index (χ3n) is 3.06. The normalized spacial score (nSPS) is 11.8. The van der Waals surface area contributed by atoms with E-state index in [-0.39, 0.29) is 0 Å². The van der Waals surface area contributed by atoms with E-state index in [4.69, 9.17) is 0 Å². The molecule has 94 valence electrons. The van der Waals surface area contributed by atoms with Gasteiger partial charge >= 0.3 is 0 Å². The number of rotatable bonds is 6. The van der Waals surface area contributed by atoms with Crippen molar-refractivity contribution in [3.63, 3.8) is 0 Å². The molecular formula is C12H20N4S. The Kier molecular flexibility index (Phi) is 4.15. The van der Waals surface area contributed by atoms with Gasteiger partial charge in [0.15, 0.2) is 4.96 Å². The summed E-state index contributed by atoms with van der Waals surface area (Å²) in [5.41, 5.74) is 2.41. The van der Waals surface area contributed by atoms with E-state index in [9.17, 15) is 0 Å². The molecule has 2 aromatic rings. The zero-order valence-corrected chi connectivity index (χ0v) is 11.5. The van der Waals surface area contributed by atoms with E-state index in [0.717, 1.165) is 36.8 Å². The molecule has 0 spiro atoms. The van der Waals surface area contributed by atoms with Gasteiger partial charge in [0.1, 0.15) is 0 Å². The van der Waals surface area contributed by atoms with Gasteiger partial charge in [-0.05, 0) is 20.5 Å². The van der Waals surface area contributed by atoms with E-state index < -0.39 is 0 Å². The second kappa shape index (κ2) is 5.62. The molecule has 17 heavy (non-hydrogen) atoms. The maximum atomic E-state index is 4.53. The molecule has 0 aromatic carbocycles. The highest BCUT2D eigenvalue weighted by Gasteiger charge is 2.08. The van der Waals surface area contributed by atoms with Gasteiger partial charge in [-0.1, -0.05) is 6.92 Å². The number of imidazole rings is 1. The van der Waals surface area contributed by atoms with Gasteiger partial charge < -0.3 is 10.2 Å². The summed E-state index contributed by atoms with van der Waals surface area (Å²) < 4.78 is 2.18. The molecule has 4 nitrogen and oxygen atoms in total. The maximum absolute atomic E-state index is 4.53. The summed E-state index contributed by atoms with van der Waals surface area (Å²) in [5, 5.41) is 5.56. The fourth-order valence-corrected chi connectivity index (χ4v) is 2.57. The fraction of sp³-hybridized carbons (Fsp3) is 0.583. The molecule has 0 aliphatic rings. The largest absolute Gasteiger partial charge is 0.310 e. The summed E-state index contributed by atoms with van der Waals surface area (Å²) in [4.78, 5) is 7.92. The second-order valence-electron chi connectivity index (χ2n) is 4.27. The summed E-state index contributed by atoms with van der Waals surface area (Å²) in [6.45, 7) is 8.34. The average Bonchev–Trinajstić information content (AvgIpc) is 2.86. The van der Waals surface area contributed by atoms with Gasteiger partial charge in [0.25, 0.3) is 0 Å². The van der Waals surface area contributed by atoms with Crippen LogP contribution in [0.3, 0.4) is 0 Å². The first kappa shape index (κ1) is 12.5. The number of fused-ring (bicyclic) bond motifs is 1. The summed E-state index contributed by atoms with van der Waals surface area (Å²) in [6.07, 6.45) is 2.09. The minimum absolute atomic E-state index is 0.890. The predicted molar refractivity (Wildman–Crippen MR) is 72.7 cm³/mol. The van der Waals surface area contributed by atoms with E-state index in [1.165, 1.54) is 5.69 Å². The molecule has 2 aromatic heterocycles. The van der Waals surface area contributed by atoms with Gasteiger partial charge in [0, 0.05) is 31.2 Å². The number of aromatic nitrogens is 2. The first-order valence-electron chi connectivity index (χ1n) is 6.02. The predicted octanol–water partition coefficient (Wildman–Crippen LogP) is 1.75. The number of likely N-dealkylation sites (N-methyl/N-ethyl adjacent to an activating group) is 1. The van der Waals surface area contributed by atoms with Crippen molar-refractivity contribution in [1.82, 2.24) is 19.6 Å². The lowest BCUT2D eigenvalue weighted by Crippen LogP contribution is -2.29. The molecular weight excluding hydrogens is 232 g/mol. The summed E-state index contributed by atoms with van der Waals surface area (Å²) in [7, 11) is 2.14. The van der Waals surface area contributed by atoms with Crippen LogP contribution in [-0.2, 0) is 6.54 Å². The highest BCUT2D eigenvalue weighted by molar-refractivity contribution is 7.15. The molecule has 0 amide bonds. The number of hydrogen-bond donors (Lipinski definition) is 1. The number of nitrogens with zero attached hydrogens (tertiary/aromatic N) is 3. The number of aryl methyl sites for hydroxylation is 1. The van der Waals surface area contributed by atoms with Gasteiger partial charge in [-0.15, -0.1) is 11.3 Å². The Morgan fingerprint density at radius 2 is 2.35 bits per heavy atom. The molecule has 2 heterocycles. The standard InChI is InChI=1S/C12H20N4S/c1-4-15(3)6-5-13-9-11-10(2)14-12-16(11)7-8-17-12/h7-8,13H,4-6,9H2,1-3H3. The molecule has 0 unspecified atom stereocenters. The van der Waals surface area contributed by atoms with Crippen LogP contribution in [-0.4, -0.2) is 41.0 Å². The Morgan fingerprint density at radius 1 is 1.53 bits per heavy atom. The lowest BCUT2D eigenvalue weighted by atomic mass is 10.3. The van der Waals surface area contributed by atoms with E-state index >= 15 is 0 Å². The van der Waals surface area contributed by atoms with Crippen LogP contribution in [0, 0.1) is 6.92 Å². The van der Waals surface area contributed by atoms with E-state index in [0.29, 0.717) is 0 Å². The zero-order chi connectivity index (χ0) is 12.3. The van der Waals surface area contributed by atoms with Gasteiger partial charge in [0.2, 0.25) is 0 Å². The SMILES string of the molecule is CCN(C)CCNCc1c(C)nc2sccn12. The van der Waals surface area contributed by atoms with Crippen LogP contribution < -0.4 is 5.32 Å². The lowest BCUT2D eigenvalue weighted by Gasteiger charge is -2.13. The van der Waals surface area contributed by atoms with Crippen LogP contribution in [0.2, 0.25) is 0 Å². The first-order valence-corrected chi connectivity index (χ1v) is 6.90. The third kappa shape index (κ3) is 2.86. The molecule has 0 radical (unpaired) electrons. The minimum atomic E-state index is 0.890. The summed E-state index contributed by atoms with van der Waals surface area (Å²) >= 11 is 1.69. The van der Waals surface area contributed by atoms with Crippen LogP contribution in [0.1, 0.15) is 18.3 Å². The summed E-state index contributed by atoms with van der Waals surface area (Å²) in [5.74, 6) is 0. The third-order valence-corrected chi connectivity index (χ3v) is 3.82. The van der Waals surface area contributed by atoms with Crippen molar-refractivity contribution >= 4 is 16.3 Å². The lowest BCUT2D eigenvalue weighted by molar-refractivity contribution is 0.348. The molecule has 2 rings (SSSR count). The molecule has 0 atom stereocenters. The van der Waals surface area contributed by atoms with Gasteiger partial charge in [-0.2, -0.15) is 0 Å². The van der Waals surface area contributed by atoms with Crippen molar-refractivity contribution in [2.45, 2.75) is 20.4 Å². The van der Waals surface area contributed by atoms with Crippen LogP contribution >= 0.6 is 11.3 Å². The number of hydrogen-bond acceptors (Lipinski definition) is 4. The minimum Gasteiger partial charge on any atom is -0.310 e. The van der Waals surface area contributed by atoms with Crippen molar-refractivity contribution in [1.29, 1.82) is 0 Å². The number of nitrogens with one attached hydrogen (secondary N) is 1. The Hall–Kier alpha value is -0.910. The van der Waals surface area contributed by atoms with Gasteiger partial charge in [0.05, 0.1) is 11.4 Å². The van der Waals surface area contributed by atoms with E-state index in [2.05, 4.69) is 52.1 Å². The monoisotopic (exact) mass is 252 g/mol. The van der Waals surface area contributed by atoms with Gasteiger partial charge in [-0.3, -0.25) is 4.40 Å². The highest BCUT2D eigenvalue weighted by Crippen LogP contribution is 2.16. The molecule has 0 aliphatic heterocycles. The molecule has 5 heteroatoms. The smallest absolute Gasteiger partial charge is 0.194 e. The average molecular weight is 252 g/mol. The Bertz CT molecular complexity index is 474. The Morgan fingerprint density at radius 3 is 3.12 bits per heavy atom. The van der Waals surface area contributed by atoms with Crippen molar-refractivity contribution in [3.05, 3.63) is 23.0 Å². The van der Waals surface area contributed by atoms with Crippen LogP contribution in [0.5, 0.6) is 0 Å². The molecule has 0 fully saturated rings. The fourth-order valence-electron chi connectivity index (χ4n) is 1.79. The molecule has 1 N–H and O–H groups in total. The molecule has 0 aliphatic carbocycles. The second-order valence-corrected chi connectivity index (χ2v) is 5.15. The topological polar surface area (TPSA) is 32.6 Å². The van der Waals surface area contributed by atoms with Crippen LogP contribution in [0.15, 0.2) is 11.6 Å². The maximum Gasteiger partial charge on any atom is 0.194 e. The molecule has 0 saturated heterocycles. The van der Waals surface area contributed by atoms with Crippen molar-refractivity contribution in [2.75, 3.05) is 26.7 Å². The Balaban J connectivity index is 1.90. The van der Waals surface area contributed by atoms with Crippen LogP contribution in [0.25, 0.3) is 4.96 Å². The van der Waals surface area contributed by atoms with Crippen molar-refractivity contribution in [3.8, 4) is 0 Å². The van der Waals surface area contributed by atoms with E-state index in [1.54, 1.807) is 11.3 Å². The highest BCUT2D eigenvalue weighted by atomic mass is 32.1. The van der Waals surface area contributed by atoms with Crippen LogP contribution in [0.4, 0.5) is 0 Å². The molecule has 0 saturated carbocycles. The Labute approximate surface area is 106 Å². The molecule has 0 bridgehead atoms. The summed E-state index contributed by atoms with van der Waals surface area (Å²) in [6, 6.07) is 0. The first-order chi connectivity index (χ1) is 8.22. The quantitative estimate of drug-likeness (QED) is 0.795. The number of thiazole rings is 1.